The monoisotopic (exact) mass is 604 g/mol. The summed E-state index contributed by atoms with van der Waals surface area (Å²) in [5.41, 5.74) is 5.22. The molecule has 0 spiro atoms. The summed E-state index contributed by atoms with van der Waals surface area (Å²) in [7, 11) is -4.02. The molecule has 37 heavy (non-hydrogen) atoms. The van der Waals surface area contributed by atoms with Crippen molar-refractivity contribution in [3.8, 4) is 0 Å². The van der Waals surface area contributed by atoms with Crippen LogP contribution in [0.15, 0.2) is 33.6 Å². The normalized spacial score (nSPS) is 17.3. The van der Waals surface area contributed by atoms with Crippen molar-refractivity contribution in [2.24, 2.45) is 11.7 Å². The van der Waals surface area contributed by atoms with Gasteiger partial charge in [0.1, 0.15) is 18.8 Å². The Balaban J connectivity index is 2.14. The maximum Gasteiger partial charge on any atom is 0.243 e. The number of halogens is 2. The van der Waals surface area contributed by atoms with Crippen LogP contribution in [0.1, 0.15) is 39.5 Å². The number of nitrogens with zero attached hydrogens (tertiary/aromatic N) is 1. The SMILES string of the molecule is CC(C)[C@H](NS(=O)(=O)c1ccc(Br)cc1)C(=O)N1CCC[C@H]1C(=O)N[C@@H](CCCNC(=N)N)C(=O)CF. The van der Waals surface area contributed by atoms with Crippen LogP contribution in [0.25, 0.3) is 0 Å². The molecular weight excluding hydrogens is 571 g/mol. The minimum atomic E-state index is -4.02. The van der Waals surface area contributed by atoms with Crippen molar-refractivity contribution in [1.82, 2.24) is 20.3 Å². The number of guanidine groups is 1. The van der Waals surface area contributed by atoms with Gasteiger partial charge in [0.2, 0.25) is 21.8 Å². The average Bonchev–Trinajstić information content (AvgIpc) is 3.33. The lowest BCUT2D eigenvalue weighted by molar-refractivity contribution is -0.141. The third kappa shape index (κ3) is 8.75. The zero-order chi connectivity index (χ0) is 27.8. The molecule has 1 aliphatic rings. The summed E-state index contributed by atoms with van der Waals surface area (Å²) in [5, 5.41) is 12.3. The summed E-state index contributed by atoms with van der Waals surface area (Å²) in [5.74, 6) is -2.61. The van der Waals surface area contributed by atoms with Crippen molar-refractivity contribution in [2.75, 3.05) is 19.8 Å². The van der Waals surface area contributed by atoms with Gasteiger partial charge in [-0.3, -0.25) is 19.8 Å². The van der Waals surface area contributed by atoms with E-state index in [0.717, 1.165) is 0 Å². The number of nitrogens with one attached hydrogen (secondary N) is 4. The number of likely N-dealkylation sites (tertiary alicyclic amines) is 1. The van der Waals surface area contributed by atoms with Crippen LogP contribution in [-0.4, -0.2) is 74.8 Å². The fourth-order valence-electron chi connectivity index (χ4n) is 4.01. The number of amides is 2. The van der Waals surface area contributed by atoms with Crippen LogP contribution < -0.4 is 21.1 Å². The Morgan fingerprint density at radius 2 is 1.89 bits per heavy atom. The van der Waals surface area contributed by atoms with Crippen LogP contribution in [0, 0.1) is 11.3 Å². The molecule has 0 aromatic heterocycles. The van der Waals surface area contributed by atoms with E-state index < -0.39 is 58.3 Å². The van der Waals surface area contributed by atoms with E-state index in [9.17, 15) is 27.2 Å². The summed E-state index contributed by atoms with van der Waals surface area (Å²) in [4.78, 5) is 39.9. The van der Waals surface area contributed by atoms with E-state index in [1.165, 1.54) is 17.0 Å². The van der Waals surface area contributed by atoms with Gasteiger partial charge in [0.05, 0.1) is 10.9 Å². The first kappa shape index (κ1) is 30.6. The van der Waals surface area contributed by atoms with E-state index >= 15 is 0 Å². The molecule has 1 aliphatic heterocycles. The Hall–Kier alpha value is -2.58. The molecule has 1 saturated heterocycles. The van der Waals surface area contributed by atoms with E-state index in [1.807, 2.05) is 0 Å². The third-order valence-corrected chi connectivity index (χ3v) is 7.98. The number of hydrogen-bond donors (Lipinski definition) is 5. The van der Waals surface area contributed by atoms with Crippen LogP contribution in [0.4, 0.5) is 4.39 Å². The smallest absolute Gasteiger partial charge is 0.243 e. The summed E-state index contributed by atoms with van der Waals surface area (Å²) in [6, 6.07) is 2.84. The number of Topliss-reactive ketones (excluding diaryl/α,β-unsaturated/α-hetero) is 1. The second-order valence-electron chi connectivity index (χ2n) is 9.13. The Morgan fingerprint density at radius 1 is 1.24 bits per heavy atom. The highest BCUT2D eigenvalue weighted by Crippen LogP contribution is 2.22. The van der Waals surface area contributed by atoms with Crippen molar-refractivity contribution < 1.29 is 27.2 Å². The van der Waals surface area contributed by atoms with E-state index in [1.54, 1.807) is 26.0 Å². The minimum Gasteiger partial charge on any atom is -0.370 e. The van der Waals surface area contributed by atoms with Gasteiger partial charge in [0.15, 0.2) is 11.7 Å². The lowest BCUT2D eigenvalue weighted by atomic mass is 10.0. The van der Waals surface area contributed by atoms with Gasteiger partial charge < -0.3 is 21.3 Å². The lowest BCUT2D eigenvalue weighted by Crippen LogP contribution is -2.56. The molecule has 1 heterocycles. The number of alkyl halides is 1. The van der Waals surface area contributed by atoms with Gasteiger partial charge in [-0.1, -0.05) is 29.8 Å². The molecule has 0 bridgehead atoms. The van der Waals surface area contributed by atoms with E-state index in [0.29, 0.717) is 23.7 Å². The number of rotatable bonds is 13. The third-order valence-electron chi connectivity index (χ3n) is 6.00. The zero-order valence-corrected chi connectivity index (χ0v) is 23.2. The van der Waals surface area contributed by atoms with Crippen molar-refractivity contribution in [3.63, 3.8) is 0 Å². The van der Waals surface area contributed by atoms with Gasteiger partial charge in [-0.15, -0.1) is 0 Å². The van der Waals surface area contributed by atoms with Crippen LogP contribution in [0.2, 0.25) is 0 Å². The number of benzene rings is 1. The van der Waals surface area contributed by atoms with Crippen molar-refractivity contribution >= 4 is 49.5 Å². The quantitative estimate of drug-likeness (QED) is 0.127. The number of nitrogens with two attached hydrogens (primary N) is 1. The summed E-state index contributed by atoms with van der Waals surface area (Å²) in [6.07, 6.45) is 1.30. The number of hydrogen-bond acceptors (Lipinski definition) is 6. The lowest BCUT2D eigenvalue weighted by Gasteiger charge is -2.31. The second-order valence-corrected chi connectivity index (χ2v) is 11.8. The van der Waals surface area contributed by atoms with Crippen LogP contribution in [-0.2, 0) is 24.4 Å². The molecular formula is C23H34BrFN6O5S. The topological polar surface area (TPSA) is 175 Å². The summed E-state index contributed by atoms with van der Waals surface area (Å²) >= 11 is 3.26. The predicted molar refractivity (Wildman–Crippen MR) is 140 cm³/mol. The number of carbonyl (C=O) groups excluding carboxylic acids is 3. The summed E-state index contributed by atoms with van der Waals surface area (Å²) in [6.45, 7) is 2.64. The molecule has 0 unspecified atom stereocenters. The van der Waals surface area contributed by atoms with Crippen LogP contribution >= 0.6 is 15.9 Å². The molecule has 0 aliphatic carbocycles. The van der Waals surface area contributed by atoms with Crippen LogP contribution in [0.5, 0.6) is 0 Å². The molecule has 1 aromatic carbocycles. The second kappa shape index (κ2) is 13.8. The molecule has 3 atom stereocenters. The first-order chi connectivity index (χ1) is 17.4. The van der Waals surface area contributed by atoms with Crippen molar-refractivity contribution in [1.29, 1.82) is 5.41 Å². The first-order valence-corrected chi connectivity index (χ1v) is 14.2. The van der Waals surface area contributed by atoms with E-state index in [-0.39, 0.29) is 30.4 Å². The van der Waals surface area contributed by atoms with Gasteiger partial charge in [0, 0.05) is 17.6 Å². The molecule has 0 radical (unpaired) electrons. The molecule has 2 amide bonds. The largest absolute Gasteiger partial charge is 0.370 e. The molecule has 206 valence electrons. The Bertz CT molecular complexity index is 1090. The molecule has 0 saturated carbocycles. The van der Waals surface area contributed by atoms with Crippen molar-refractivity contribution in [3.05, 3.63) is 28.7 Å². The number of sulfonamides is 1. The molecule has 2 rings (SSSR count). The molecule has 1 aromatic rings. The fourth-order valence-corrected chi connectivity index (χ4v) is 5.61. The highest BCUT2D eigenvalue weighted by Gasteiger charge is 2.40. The Kier molecular flexibility index (Phi) is 11.4. The zero-order valence-electron chi connectivity index (χ0n) is 20.8. The van der Waals surface area contributed by atoms with Gasteiger partial charge in [0.25, 0.3) is 0 Å². The highest BCUT2D eigenvalue weighted by atomic mass is 79.9. The first-order valence-electron chi connectivity index (χ1n) is 11.9. The van der Waals surface area contributed by atoms with Crippen LogP contribution in [0.3, 0.4) is 0 Å². The van der Waals surface area contributed by atoms with Gasteiger partial charge in [-0.2, -0.15) is 4.72 Å². The molecule has 11 nitrogen and oxygen atoms in total. The highest BCUT2D eigenvalue weighted by molar-refractivity contribution is 9.10. The molecule has 6 N–H and O–H groups in total. The van der Waals surface area contributed by atoms with Gasteiger partial charge >= 0.3 is 0 Å². The van der Waals surface area contributed by atoms with Crippen molar-refractivity contribution in [2.45, 2.75) is 62.6 Å². The number of carbonyl (C=O) groups is 3. The molecule has 1 fully saturated rings. The standard InChI is InChI=1S/C23H34BrFN6O5S/c1-14(2)20(30-37(35,36)16-9-7-15(24)8-10-16)22(34)31-12-4-6-18(31)21(33)29-17(19(32)13-25)5-3-11-28-23(26)27/h7-10,14,17-18,20,30H,3-6,11-13H2,1-2H3,(H,29,33)(H4,26,27,28)/t17-,18-,20-/m0/s1. The van der Waals surface area contributed by atoms with E-state index in [2.05, 4.69) is 31.3 Å². The fraction of sp³-hybridized carbons (Fsp3) is 0.565. The number of ketones is 1. The average molecular weight is 606 g/mol. The van der Waals surface area contributed by atoms with Gasteiger partial charge in [-0.25, -0.2) is 12.8 Å². The van der Waals surface area contributed by atoms with Gasteiger partial charge in [-0.05, 0) is 55.9 Å². The maximum atomic E-state index is 13.5. The Morgan fingerprint density at radius 3 is 2.46 bits per heavy atom. The predicted octanol–water partition coefficient (Wildman–Crippen LogP) is 1.03. The molecule has 14 heteroatoms. The summed E-state index contributed by atoms with van der Waals surface area (Å²) < 4.78 is 42.2. The minimum absolute atomic E-state index is 0.00305. The maximum absolute atomic E-state index is 13.5. The van der Waals surface area contributed by atoms with E-state index in [4.69, 9.17) is 11.1 Å². The Labute approximate surface area is 224 Å².